The minimum atomic E-state index is -0.259. The fourth-order valence-corrected chi connectivity index (χ4v) is 2.57. The predicted molar refractivity (Wildman–Crippen MR) is 92.2 cm³/mol. The molecule has 0 amide bonds. The van der Waals surface area contributed by atoms with Gasteiger partial charge in [0.05, 0.1) is 13.2 Å². The van der Waals surface area contributed by atoms with E-state index in [0.717, 1.165) is 50.9 Å². The summed E-state index contributed by atoms with van der Waals surface area (Å²) in [4.78, 5) is 11.1. The smallest absolute Gasteiger partial charge is 0.136 e. The average molecular weight is 331 g/mol. The van der Waals surface area contributed by atoms with E-state index in [1.165, 1.54) is 12.1 Å². The number of anilines is 3. The Kier molecular flexibility index (Phi) is 5.55. The monoisotopic (exact) mass is 331 g/mol. The lowest BCUT2D eigenvalue weighted by atomic mass is 10.3. The van der Waals surface area contributed by atoms with Crippen LogP contribution in [0.1, 0.15) is 5.82 Å². The van der Waals surface area contributed by atoms with Crippen LogP contribution in [0, 0.1) is 12.7 Å². The third kappa shape index (κ3) is 4.87. The van der Waals surface area contributed by atoms with Crippen LogP contribution in [0.4, 0.5) is 21.7 Å². The Morgan fingerprint density at radius 3 is 2.58 bits per heavy atom. The van der Waals surface area contributed by atoms with Crippen molar-refractivity contribution >= 4 is 17.3 Å². The summed E-state index contributed by atoms with van der Waals surface area (Å²) in [6.07, 6.45) is 0. The van der Waals surface area contributed by atoms with Crippen molar-refractivity contribution in [3.05, 3.63) is 42.0 Å². The number of nitrogens with one attached hydrogen (secondary N) is 2. The second kappa shape index (κ2) is 8.03. The molecule has 0 bridgehead atoms. The lowest BCUT2D eigenvalue weighted by Gasteiger charge is -2.26. The highest BCUT2D eigenvalue weighted by Crippen LogP contribution is 2.17. The number of ether oxygens (including phenoxy) is 1. The molecule has 2 aromatic rings. The zero-order chi connectivity index (χ0) is 16.8. The SMILES string of the molecule is Cc1nc(NCCN2CCOCC2)cc(Nc2ccc(F)cc2)n1. The van der Waals surface area contributed by atoms with Crippen molar-refractivity contribution < 1.29 is 9.13 Å². The molecule has 0 atom stereocenters. The first-order valence-corrected chi connectivity index (χ1v) is 8.11. The first-order valence-electron chi connectivity index (χ1n) is 8.11. The molecule has 0 spiro atoms. The van der Waals surface area contributed by atoms with E-state index in [9.17, 15) is 4.39 Å². The second-order valence-electron chi connectivity index (χ2n) is 5.70. The van der Waals surface area contributed by atoms with Gasteiger partial charge in [-0.25, -0.2) is 14.4 Å². The second-order valence-corrected chi connectivity index (χ2v) is 5.70. The maximum absolute atomic E-state index is 13.0. The van der Waals surface area contributed by atoms with Gasteiger partial charge in [-0.15, -0.1) is 0 Å². The first kappa shape index (κ1) is 16.6. The number of aromatic nitrogens is 2. The Morgan fingerprint density at radius 1 is 1.12 bits per heavy atom. The third-order valence-corrected chi connectivity index (χ3v) is 3.79. The number of morpholine rings is 1. The Labute approximate surface area is 141 Å². The van der Waals surface area contributed by atoms with Crippen LogP contribution in [0.15, 0.2) is 30.3 Å². The maximum Gasteiger partial charge on any atom is 0.136 e. The van der Waals surface area contributed by atoms with Gasteiger partial charge >= 0.3 is 0 Å². The molecule has 0 aliphatic carbocycles. The maximum atomic E-state index is 13.0. The first-order chi connectivity index (χ1) is 11.7. The van der Waals surface area contributed by atoms with Gasteiger partial charge in [-0.2, -0.15) is 0 Å². The van der Waals surface area contributed by atoms with Gasteiger partial charge in [0.25, 0.3) is 0 Å². The number of halogens is 1. The Balaban J connectivity index is 1.57. The zero-order valence-electron chi connectivity index (χ0n) is 13.8. The summed E-state index contributed by atoms with van der Waals surface area (Å²) in [5.74, 6) is 1.88. The summed E-state index contributed by atoms with van der Waals surface area (Å²) < 4.78 is 18.3. The molecule has 1 saturated heterocycles. The van der Waals surface area contributed by atoms with Crippen molar-refractivity contribution in [3.63, 3.8) is 0 Å². The van der Waals surface area contributed by atoms with Crippen molar-refractivity contribution in [1.29, 1.82) is 0 Å². The number of rotatable bonds is 6. The van der Waals surface area contributed by atoms with Crippen LogP contribution in [-0.2, 0) is 4.74 Å². The van der Waals surface area contributed by atoms with E-state index in [4.69, 9.17) is 4.74 Å². The quantitative estimate of drug-likeness (QED) is 0.848. The number of aryl methyl sites for hydroxylation is 1. The van der Waals surface area contributed by atoms with Crippen LogP contribution in [0.3, 0.4) is 0 Å². The van der Waals surface area contributed by atoms with Crippen molar-refractivity contribution in [2.75, 3.05) is 50.0 Å². The number of hydrogen-bond acceptors (Lipinski definition) is 6. The molecule has 3 rings (SSSR count). The molecule has 24 heavy (non-hydrogen) atoms. The molecule has 1 aromatic carbocycles. The van der Waals surface area contributed by atoms with Crippen LogP contribution < -0.4 is 10.6 Å². The molecule has 7 heteroatoms. The van der Waals surface area contributed by atoms with Gasteiger partial charge in [0, 0.05) is 37.9 Å². The van der Waals surface area contributed by atoms with Gasteiger partial charge in [0.15, 0.2) is 0 Å². The van der Waals surface area contributed by atoms with E-state index in [0.29, 0.717) is 11.6 Å². The van der Waals surface area contributed by atoms with E-state index in [2.05, 4.69) is 25.5 Å². The summed E-state index contributed by atoms with van der Waals surface area (Å²) in [7, 11) is 0. The summed E-state index contributed by atoms with van der Waals surface area (Å²) in [5, 5.41) is 6.50. The van der Waals surface area contributed by atoms with Gasteiger partial charge < -0.3 is 15.4 Å². The number of benzene rings is 1. The molecule has 1 aliphatic rings. The minimum Gasteiger partial charge on any atom is -0.379 e. The summed E-state index contributed by atoms with van der Waals surface area (Å²) in [5.41, 5.74) is 0.786. The predicted octanol–water partition coefficient (Wildman–Crippen LogP) is 2.41. The molecule has 6 nitrogen and oxygen atoms in total. The fourth-order valence-electron chi connectivity index (χ4n) is 2.57. The molecular weight excluding hydrogens is 309 g/mol. The molecule has 2 heterocycles. The third-order valence-electron chi connectivity index (χ3n) is 3.79. The molecule has 1 fully saturated rings. The van der Waals surface area contributed by atoms with Crippen LogP contribution in [-0.4, -0.2) is 54.3 Å². The average Bonchev–Trinajstić information content (AvgIpc) is 2.57. The van der Waals surface area contributed by atoms with Gasteiger partial charge in [-0.1, -0.05) is 0 Å². The van der Waals surface area contributed by atoms with Crippen LogP contribution in [0.2, 0.25) is 0 Å². The van der Waals surface area contributed by atoms with E-state index in [-0.39, 0.29) is 5.82 Å². The molecule has 1 aliphatic heterocycles. The highest BCUT2D eigenvalue weighted by Gasteiger charge is 2.09. The lowest BCUT2D eigenvalue weighted by molar-refractivity contribution is 0.0398. The molecule has 0 radical (unpaired) electrons. The summed E-state index contributed by atoms with van der Waals surface area (Å²) >= 11 is 0. The number of hydrogen-bond donors (Lipinski definition) is 2. The topological polar surface area (TPSA) is 62.3 Å². The van der Waals surface area contributed by atoms with Crippen LogP contribution >= 0.6 is 0 Å². The van der Waals surface area contributed by atoms with E-state index in [1.807, 2.05) is 13.0 Å². The summed E-state index contributed by atoms with van der Waals surface area (Å²) in [6.45, 7) is 7.17. The zero-order valence-corrected chi connectivity index (χ0v) is 13.8. The number of nitrogens with zero attached hydrogens (tertiary/aromatic N) is 3. The Morgan fingerprint density at radius 2 is 1.83 bits per heavy atom. The fraction of sp³-hybridized carbons (Fsp3) is 0.412. The normalized spacial score (nSPS) is 15.2. The van der Waals surface area contributed by atoms with E-state index >= 15 is 0 Å². The van der Waals surface area contributed by atoms with Crippen molar-refractivity contribution in [2.45, 2.75) is 6.92 Å². The minimum absolute atomic E-state index is 0.259. The van der Waals surface area contributed by atoms with Crippen molar-refractivity contribution in [2.24, 2.45) is 0 Å². The van der Waals surface area contributed by atoms with E-state index in [1.54, 1.807) is 12.1 Å². The lowest BCUT2D eigenvalue weighted by Crippen LogP contribution is -2.39. The molecule has 2 N–H and O–H groups in total. The molecule has 128 valence electrons. The molecule has 1 aromatic heterocycles. The van der Waals surface area contributed by atoms with Gasteiger partial charge in [0.1, 0.15) is 23.3 Å². The summed E-state index contributed by atoms with van der Waals surface area (Å²) in [6, 6.07) is 8.04. The molecule has 0 unspecified atom stereocenters. The van der Waals surface area contributed by atoms with Gasteiger partial charge in [0.2, 0.25) is 0 Å². The standard InChI is InChI=1S/C17H22FN5O/c1-13-20-16(19-6-7-23-8-10-24-11-9-23)12-17(21-13)22-15-4-2-14(18)3-5-15/h2-5,12H,6-11H2,1H3,(H2,19,20,21,22). The Hall–Kier alpha value is -2.25. The Bertz CT molecular complexity index is 659. The van der Waals surface area contributed by atoms with Crippen LogP contribution in [0.5, 0.6) is 0 Å². The molecule has 0 saturated carbocycles. The van der Waals surface area contributed by atoms with Crippen LogP contribution in [0.25, 0.3) is 0 Å². The largest absolute Gasteiger partial charge is 0.379 e. The van der Waals surface area contributed by atoms with Crippen molar-refractivity contribution in [1.82, 2.24) is 14.9 Å². The van der Waals surface area contributed by atoms with Gasteiger partial charge in [-0.05, 0) is 31.2 Å². The van der Waals surface area contributed by atoms with Gasteiger partial charge in [-0.3, -0.25) is 4.90 Å². The highest BCUT2D eigenvalue weighted by molar-refractivity contribution is 5.59. The van der Waals surface area contributed by atoms with Crippen molar-refractivity contribution in [3.8, 4) is 0 Å². The highest BCUT2D eigenvalue weighted by atomic mass is 19.1. The molecular formula is C17H22FN5O. The van der Waals surface area contributed by atoms with E-state index < -0.39 is 0 Å².